The number of ketones is 1. The molecule has 0 bridgehead atoms. The molecule has 1 spiro atoms. The highest BCUT2D eigenvalue weighted by molar-refractivity contribution is 5.75. The molecule has 3 saturated carbocycles. The molecule has 0 aromatic rings. The van der Waals surface area contributed by atoms with E-state index in [0.717, 1.165) is 38.5 Å². The molecule has 172 valence electrons. The Morgan fingerprint density at radius 2 is 1.90 bits per heavy atom. The number of nitro groups is 1. The normalized spacial score (nSPS) is 43.5. The van der Waals surface area contributed by atoms with E-state index >= 15 is 0 Å². The molecule has 1 N–H and O–H groups in total. The zero-order valence-electron chi connectivity index (χ0n) is 18.8. The van der Waals surface area contributed by atoms with Crippen LogP contribution in [0.4, 0.5) is 0 Å². The fraction of sp³-hybridized carbons (Fsp3) is 0.875. The molecule has 4 aliphatic carbocycles. The van der Waals surface area contributed by atoms with Gasteiger partial charge in [0.1, 0.15) is 5.78 Å². The maximum Gasteiger partial charge on any atom is 0.228 e. The highest BCUT2D eigenvalue weighted by Gasteiger charge is 2.69. The lowest BCUT2D eigenvalue weighted by atomic mass is 9.52. The molecule has 0 amide bonds. The van der Waals surface area contributed by atoms with Gasteiger partial charge in [-0.05, 0) is 62.9 Å². The minimum absolute atomic E-state index is 0.0297. The van der Waals surface area contributed by atoms with E-state index in [0.29, 0.717) is 44.8 Å². The first-order valence-corrected chi connectivity index (χ1v) is 12.0. The number of aliphatic hydroxyl groups is 1. The Labute approximate surface area is 183 Å². The summed E-state index contributed by atoms with van der Waals surface area (Å²) < 4.78 is 11.8. The van der Waals surface area contributed by atoms with Gasteiger partial charge in [0.25, 0.3) is 0 Å². The van der Waals surface area contributed by atoms with Gasteiger partial charge in [-0.25, -0.2) is 0 Å². The van der Waals surface area contributed by atoms with Crippen LogP contribution in [0.3, 0.4) is 0 Å². The molecule has 4 fully saturated rings. The van der Waals surface area contributed by atoms with E-state index in [1.165, 1.54) is 18.1 Å². The summed E-state index contributed by atoms with van der Waals surface area (Å²) in [4.78, 5) is 24.0. The predicted molar refractivity (Wildman–Crippen MR) is 113 cm³/mol. The van der Waals surface area contributed by atoms with Crippen molar-refractivity contribution in [3.8, 4) is 0 Å². The van der Waals surface area contributed by atoms with E-state index in [-0.39, 0.29) is 23.0 Å². The summed E-state index contributed by atoms with van der Waals surface area (Å²) in [6, 6.07) is 0. The van der Waals surface area contributed by atoms with Gasteiger partial charge in [-0.1, -0.05) is 12.5 Å². The van der Waals surface area contributed by atoms with Crippen molar-refractivity contribution in [1.29, 1.82) is 0 Å². The van der Waals surface area contributed by atoms with Gasteiger partial charge < -0.3 is 19.4 Å². The van der Waals surface area contributed by atoms with Crippen molar-refractivity contribution in [2.24, 2.45) is 17.3 Å². The third-order valence-electron chi connectivity index (χ3n) is 9.79. The number of rotatable bonds is 4. The highest BCUT2D eigenvalue weighted by atomic mass is 16.7. The molecule has 0 aromatic heterocycles. The number of carbonyl (C=O) groups excluding carboxylic acids is 1. The predicted octanol–water partition coefficient (Wildman–Crippen LogP) is 3.95. The number of ether oxygens (including phenoxy) is 2. The lowest BCUT2D eigenvalue weighted by molar-refractivity contribution is -0.591. The molecule has 1 aliphatic heterocycles. The summed E-state index contributed by atoms with van der Waals surface area (Å²) >= 11 is 0. The first-order valence-electron chi connectivity index (χ1n) is 12.0. The maximum atomic E-state index is 12.4. The van der Waals surface area contributed by atoms with Crippen LogP contribution in [-0.4, -0.2) is 46.0 Å². The SMILES string of the molecule is CC(=O)CC[C@]1([N+](=O)[O-])CC[C@H]2[C@@H]3CC[C@@]4(O)CC5(CCC4=C3CC[C@@]21C)OCCO5. The third-order valence-corrected chi connectivity index (χ3v) is 9.79. The second-order valence-corrected chi connectivity index (χ2v) is 11.0. The van der Waals surface area contributed by atoms with Crippen molar-refractivity contribution in [2.45, 2.75) is 101 Å². The molecule has 5 atom stereocenters. The van der Waals surface area contributed by atoms with Gasteiger partial charge in [-0.2, -0.15) is 0 Å². The zero-order chi connectivity index (χ0) is 22.1. The minimum Gasteiger partial charge on any atom is -0.385 e. The van der Waals surface area contributed by atoms with Crippen LogP contribution in [0.1, 0.15) is 84.5 Å². The van der Waals surface area contributed by atoms with E-state index in [9.17, 15) is 20.0 Å². The number of Topliss-reactive ketones (excluding diaryl/α,β-unsaturated/α-hetero) is 1. The van der Waals surface area contributed by atoms with Gasteiger partial charge in [0.15, 0.2) is 5.79 Å². The molecule has 0 unspecified atom stereocenters. The van der Waals surface area contributed by atoms with Crippen LogP contribution in [0.5, 0.6) is 0 Å². The molecule has 0 radical (unpaired) electrons. The standard InChI is InChI=1S/C24H35NO6/c1-16(26)3-10-23(25(28)29)11-6-19-17-5-9-22(27)15-24(30-13-14-31-24)12-7-20(22)18(17)4-8-21(19,23)2/h17,19,27H,3-15H2,1-2H3/t17-,19+,21+,22-,23+/m1/s1. The first kappa shape index (κ1) is 21.5. The average Bonchev–Trinajstić information content (AvgIpc) is 3.27. The molecule has 1 saturated heterocycles. The van der Waals surface area contributed by atoms with E-state index in [1.807, 2.05) is 0 Å². The molecule has 31 heavy (non-hydrogen) atoms. The van der Waals surface area contributed by atoms with Crippen LogP contribution in [0.25, 0.3) is 0 Å². The maximum absolute atomic E-state index is 12.4. The Morgan fingerprint density at radius 1 is 1.16 bits per heavy atom. The quantitative estimate of drug-likeness (QED) is 0.409. The van der Waals surface area contributed by atoms with Crippen LogP contribution < -0.4 is 0 Å². The Balaban J connectivity index is 1.46. The van der Waals surface area contributed by atoms with Gasteiger partial charge in [0.05, 0.1) is 18.8 Å². The van der Waals surface area contributed by atoms with Crippen molar-refractivity contribution in [2.75, 3.05) is 13.2 Å². The zero-order valence-corrected chi connectivity index (χ0v) is 18.8. The Hall–Kier alpha value is -1.31. The van der Waals surface area contributed by atoms with Crippen molar-refractivity contribution in [3.05, 3.63) is 21.3 Å². The number of hydrogen-bond donors (Lipinski definition) is 1. The van der Waals surface area contributed by atoms with Crippen molar-refractivity contribution in [1.82, 2.24) is 0 Å². The second kappa shape index (κ2) is 7.09. The smallest absolute Gasteiger partial charge is 0.228 e. The largest absolute Gasteiger partial charge is 0.385 e. The topological polar surface area (TPSA) is 98.9 Å². The van der Waals surface area contributed by atoms with Crippen LogP contribution in [0.15, 0.2) is 11.1 Å². The lowest BCUT2D eigenvalue weighted by Gasteiger charge is -2.54. The van der Waals surface area contributed by atoms with Gasteiger partial charge >= 0.3 is 0 Å². The molecule has 0 aromatic carbocycles. The molecule has 5 rings (SSSR count). The van der Waals surface area contributed by atoms with E-state index < -0.39 is 22.3 Å². The van der Waals surface area contributed by atoms with Gasteiger partial charge in [0.2, 0.25) is 5.54 Å². The van der Waals surface area contributed by atoms with Crippen LogP contribution in [-0.2, 0) is 14.3 Å². The first-order chi connectivity index (χ1) is 14.6. The Morgan fingerprint density at radius 3 is 2.58 bits per heavy atom. The third kappa shape index (κ3) is 2.99. The highest BCUT2D eigenvalue weighted by Crippen LogP contribution is 2.66. The monoisotopic (exact) mass is 433 g/mol. The number of allylic oxidation sites excluding steroid dienone is 1. The Bertz CT molecular complexity index is 832. The fourth-order valence-corrected chi connectivity index (χ4v) is 8.19. The number of nitrogens with zero attached hydrogens (tertiary/aromatic N) is 1. The molecular formula is C24H35NO6. The molecule has 7 nitrogen and oxygen atoms in total. The summed E-state index contributed by atoms with van der Waals surface area (Å²) in [5.41, 5.74) is 0.280. The van der Waals surface area contributed by atoms with Gasteiger partial charge in [-0.15, -0.1) is 0 Å². The summed E-state index contributed by atoms with van der Waals surface area (Å²) in [6.07, 6.45) is 7.23. The second-order valence-electron chi connectivity index (χ2n) is 11.0. The molecule has 5 aliphatic rings. The minimum atomic E-state index is -1.00. The van der Waals surface area contributed by atoms with E-state index in [4.69, 9.17) is 9.47 Å². The number of carbonyl (C=O) groups is 1. The van der Waals surface area contributed by atoms with Crippen molar-refractivity contribution < 1.29 is 24.3 Å². The van der Waals surface area contributed by atoms with Crippen LogP contribution >= 0.6 is 0 Å². The molecule has 1 heterocycles. The fourth-order valence-electron chi connectivity index (χ4n) is 8.19. The van der Waals surface area contributed by atoms with Crippen molar-refractivity contribution in [3.63, 3.8) is 0 Å². The number of fused-ring (bicyclic) bond motifs is 4. The van der Waals surface area contributed by atoms with E-state index in [1.54, 1.807) is 0 Å². The summed E-state index contributed by atoms with van der Waals surface area (Å²) in [5.74, 6) is -0.0365. The lowest BCUT2D eigenvalue weighted by Crippen LogP contribution is -2.56. The van der Waals surface area contributed by atoms with E-state index in [2.05, 4.69) is 6.92 Å². The molecular weight excluding hydrogens is 398 g/mol. The van der Waals surface area contributed by atoms with Gasteiger partial charge in [0, 0.05) is 42.4 Å². The average molecular weight is 434 g/mol. The van der Waals surface area contributed by atoms with Crippen LogP contribution in [0, 0.1) is 27.4 Å². The van der Waals surface area contributed by atoms with Crippen molar-refractivity contribution >= 4 is 5.78 Å². The van der Waals surface area contributed by atoms with Crippen LogP contribution in [0.2, 0.25) is 0 Å². The van der Waals surface area contributed by atoms with Gasteiger partial charge in [-0.3, -0.25) is 10.1 Å². The Kier molecular flexibility index (Phi) is 4.93. The summed E-state index contributed by atoms with van der Waals surface area (Å²) in [7, 11) is 0. The molecule has 7 heteroatoms. The number of hydrogen-bond acceptors (Lipinski definition) is 6. The summed E-state index contributed by atoms with van der Waals surface area (Å²) in [5, 5.41) is 24.0. The summed E-state index contributed by atoms with van der Waals surface area (Å²) in [6.45, 7) is 4.83.